The Labute approximate surface area is 149 Å². The molecule has 1 saturated heterocycles. The summed E-state index contributed by atoms with van der Waals surface area (Å²) in [7, 11) is 0. The number of nitrogens with zero attached hydrogens (tertiary/aromatic N) is 5. The van der Waals surface area contributed by atoms with Gasteiger partial charge in [-0.2, -0.15) is 18.4 Å². The Morgan fingerprint density at radius 3 is 2.27 bits per heavy atom. The van der Waals surface area contributed by atoms with E-state index in [1.165, 1.54) is 6.07 Å². The van der Waals surface area contributed by atoms with Crippen molar-refractivity contribution < 1.29 is 13.2 Å². The molecule has 2 aromatic rings. The van der Waals surface area contributed by atoms with Crippen molar-refractivity contribution in [1.82, 2.24) is 9.97 Å². The number of alkyl halides is 3. The van der Waals surface area contributed by atoms with E-state index in [0.29, 0.717) is 43.4 Å². The van der Waals surface area contributed by atoms with Crippen molar-refractivity contribution in [3.63, 3.8) is 0 Å². The Hall–Kier alpha value is -2.82. The van der Waals surface area contributed by atoms with Crippen molar-refractivity contribution in [2.24, 2.45) is 0 Å². The van der Waals surface area contributed by atoms with Crippen LogP contribution in [0, 0.1) is 25.2 Å². The lowest BCUT2D eigenvalue weighted by Crippen LogP contribution is -2.47. The molecule has 0 bridgehead atoms. The predicted molar refractivity (Wildman–Crippen MR) is 92.1 cm³/mol. The molecule has 0 radical (unpaired) electrons. The van der Waals surface area contributed by atoms with Gasteiger partial charge < -0.3 is 9.80 Å². The van der Waals surface area contributed by atoms with Crippen LogP contribution in [0.15, 0.2) is 24.4 Å². The minimum atomic E-state index is -4.38. The topological polar surface area (TPSA) is 56.1 Å². The molecular weight excluding hydrogens is 343 g/mol. The van der Waals surface area contributed by atoms with Crippen molar-refractivity contribution in [2.45, 2.75) is 20.0 Å². The molecule has 0 aliphatic carbocycles. The SMILES string of the molecule is Cc1cc(C)c(C#N)c(N2CCN(c3ccc(C(F)(F)F)cn3)CC2)n1. The van der Waals surface area contributed by atoms with Crippen molar-refractivity contribution in [3.8, 4) is 6.07 Å². The number of piperazine rings is 1. The summed E-state index contributed by atoms with van der Waals surface area (Å²) in [6, 6.07) is 6.54. The maximum Gasteiger partial charge on any atom is 0.417 e. The number of aryl methyl sites for hydroxylation is 2. The van der Waals surface area contributed by atoms with Crippen LogP contribution in [-0.2, 0) is 6.18 Å². The molecule has 26 heavy (non-hydrogen) atoms. The van der Waals surface area contributed by atoms with Gasteiger partial charge in [-0.1, -0.05) is 0 Å². The molecule has 0 amide bonds. The molecule has 2 aromatic heterocycles. The number of nitriles is 1. The molecule has 0 aromatic carbocycles. The number of anilines is 2. The molecule has 1 aliphatic rings. The van der Waals surface area contributed by atoms with Crippen LogP contribution in [0.25, 0.3) is 0 Å². The first-order chi connectivity index (χ1) is 12.3. The third-order valence-corrected chi connectivity index (χ3v) is 4.42. The molecule has 1 fully saturated rings. The summed E-state index contributed by atoms with van der Waals surface area (Å²) in [6.07, 6.45) is -3.52. The van der Waals surface area contributed by atoms with E-state index >= 15 is 0 Å². The third kappa shape index (κ3) is 3.57. The molecule has 3 rings (SSSR count). The fourth-order valence-electron chi connectivity index (χ4n) is 3.07. The van der Waals surface area contributed by atoms with Gasteiger partial charge >= 0.3 is 6.18 Å². The Bertz CT molecular complexity index is 832. The lowest BCUT2D eigenvalue weighted by atomic mass is 10.1. The summed E-state index contributed by atoms with van der Waals surface area (Å²) >= 11 is 0. The first-order valence-corrected chi connectivity index (χ1v) is 8.21. The molecule has 136 valence electrons. The van der Waals surface area contributed by atoms with Crippen molar-refractivity contribution >= 4 is 11.6 Å². The summed E-state index contributed by atoms with van der Waals surface area (Å²) in [5.74, 6) is 1.19. The Morgan fingerprint density at radius 1 is 1.08 bits per heavy atom. The summed E-state index contributed by atoms with van der Waals surface area (Å²) in [5.41, 5.74) is 1.56. The van der Waals surface area contributed by atoms with E-state index in [-0.39, 0.29) is 0 Å². The van der Waals surface area contributed by atoms with Crippen molar-refractivity contribution in [2.75, 3.05) is 36.0 Å². The number of hydrogen-bond donors (Lipinski definition) is 0. The second kappa shape index (κ2) is 6.83. The van der Waals surface area contributed by atoms with E-state index in [1.807, 2.05) is 29.7 Å². The number of aromatic nitrogens is 2. The summed E-state index contributed by atoms with van der Waals surface area (Å²) in [4.78, 5) is 12.4. The maximum atomic E-state index is 12.6. The zero-order valence-electron chi connectivity index (χ0n) is 14.5. The first kappa shape index (κ1) is 18.0. The van der Waals surface area contributed by atoms with Crippen molar-refractivity contribution in [3.05, 3.63) is 46.8 Å². The minimum Gasteiger partial charge on any atom is -0.353 e. The molecule has 1 aliphatic heterocycles. The van der Waals surface area contributed by atoms with Gasteiger partial charge in [-0.25, -0.2) is 9.97 Å². The van der Waals surface area contributed by atoms with Gasteiger partial charge in [-0.3, -0.25) is 0 Å². The minimum absolute atomic E-state index is 0.520. The van der Waals surface area contributed by atoms with Crippen molar-refractivity contribution in [1.29, 1.82) is 5.26 Å². The zero-order chi connectivity index (χ0) is 18.9. The van der Waals surface area contributed by atoms with Crippen LogP contribution in [0.4, 0.5) is 24.8 Å². The average molecular weight is 361 g/mol. The van der Waals surface area contributed by atoms with E-state index in [9.17, 15) is 18.4 Å². The number of pyridine rings is 2. The molecule has 8 heteroatoms. The fraction of sp³-hybridized carbons (Fsp3) is 0.389. The third-order valence-electron chi connectivity index (χ3n) is 4.42. The molecular formula is C18H18F3N5. The van der Waals surface area contributed by atoms with Crippen LogP contribution in [0.5, 0.6) is 0 Å². The summed E-state index contributed by atoms with van der Waals surface area (Å²) in [6.45, 7) is 6.20. The number of rotatable bonds is 2. The highest BCUT2D eigenvalue weighted by atomic mass is 19.4. The molecule has 0 N–H and O–H groups in total. The van der Waals surface area contributed by atoms with Gasteiger partial charge in [-0.05, 0) is 37.6 Å². The van der Waals surface area contributed by atoms with E-state index in [2.05, 4.69) is 16.0 Å². The number of halogens is 3. The zero-order valence-corrected chi connectivity index (χ0v) is 14.5. The monoisotopic (exact) mass is 361 g/mol. The normalized spacial score (nSPS) is 15.1. The first-order valence-electron chi connectivity index (χ1n) is 8.21. The highest BCUT2D eigenvalue weighted by Gasteiger charge is 2.31. The summed E-state index contributed by atoms with van der Waals surface area (Å²) in [5, 5.41) is 9.41. The van der Waals surface area contributed by atoms with Crippen LogP contribution in [0.1, 0.15) is 22.4 Å². The van der Waals surface area contributed by atoms with Crippen LogP contribution in [0.3, 0.4) is 0 Å². The molecule has 0 spiro atoms. The summed E-state index contributed by atoms with van der Waals surface area (Å²) < 4.78 is 37.9. The molecule has 5 nitrogen and oxygen atoms in total. The van der Waals surface area contributed by atoms with Crippen LogP contribution in [-0.4, -0.2) is 36.1 Å². The maximum absolute atomic E-state index is 12.6. The highest BCUT2D eigenvalue weighted by Crippen LogP contribution is 2.30. The highest BCUT2D eigenvalue weighted by molar-refractivity contribution is 5.59. The second-order valence-electron chi connectivity index (χ2n) is 6.27. The fourth-order valence-corrected chi connectivity index (χ4v) is 3.07. The standard InChI is InChI=1S/C18H18F3N5/c1-12-9-13(2)24-17(15(12)10-22)26-7-5-25(6-8-26)16-4-3-14(11-23-16)18(19,20)21/h3-4,9,11H,5-8H2,1-2H3. The van der Waals surface area contributed by atoms with Gasteiger partial charge in [0.25, 0.3) is 0 Å². The molecule has 3 heterocycles. The quantitative estimate of drug-likeness (QED) is 0.821. The van der Waals surface area contributed by atoms with Crippen LogP contribution in [0.2, 0.25) is 0 Å². The van der Waals surface area contributed by atoms with Gasteiger partial charge in [0.2, 0.25) is 0 Å². The molecule has 0 saturated carbocycles. The van der Waals surface area contributed by atoms with Gasteiger partial charge in [0.1, 0.15) is 17.7 Å². The largest absolute Gasteiger partial charge is 0.417 e. The predicted octanol–water partition coefficient (Wildman–Crippen LogP) is 3.31. The smallest absolute Gasteiger partial charge is 0.353 e. The second-order valence-corrected chi connectivity index (χ2v) is 6.27. The van der Waals surface area contributed by atoms with Gasteiger partial charge in [-0.15, -0.1) is 0 Å². The van der Waals surface area contributed by atoms with Gasteiger partial charge in [0.15, 0.2) is 0 Å². The van der Waals surface area contributed by atoms with Gasteiger partial charge in [0.05, 0.1) is 11.1 Å². The lowest BCUT2D eigenvalue weighted by molar-refractivity contribution is -0.137. The van der Waals surface area contributed by atoms with Gasteiger partial charge in [0, 0.05) is 38.1 Å². The Balaban J connectivity index is 1.73. The van der Waals surface area contributed by atoms with E-state index in [1.54, 1.807) is 0 Å². The Morgan fingerprint density at radius 2 is 1.73 bits per heavy atom. The van der Waals surface area contributed by atoms with E-state index < -0.39 is 11.7 Å². The van der Waals surface area contributed by atoms with Crippen LogP contribution >= 0.6 is 0 Å². The van der Waals surface area contributed by atoms with E-state index in [4.69, 9.17) is 0 Å². The average Bonchev–Trinajstić information content (AvgIpc) is 2.61. The molecule has 0 unspecified atom stereocenters. The lowest BCUT2D eigenvalue weighted by Gasteiger charge is -2.36. The molecule has 0 atom stereocenters. The van der Waals surface area contributed by atoms with E-state index in [0.717, 1.165) is 23.5 Å². The van der Waals surface area contributed by atoms with Crippen LogP contribution < -0.4 is 9.80 Å². The number of hydrogen-bond acceptors (Lipinski definition) is 5. The Kier molecular flexibility index (Phi) is 4.72.